The zero-order chi connectivity index (χ0) is 19.2. The summed E-state index contributed by atoms with van der Waals surface area (Å²) in [5, 5.41) is 0. The molecule has 0 unspecified atom stereocenters. The zero-order valence-corrected chi connectivity index (χ0v) is 17.7. The lowest BCUT2D eigenvalue weighted by atomic mass is 9.89. The molecule has 5 nitrogen and oxygen atoms in total. The summed E-state index contributed by atoms with van der Waals surface area (Å²) in [5.41, 5.74) is 8.60. The highest BCUT2D eigenvalue weighted by molar-refractivity contribution is 5.85. The Bertz CT molecular complexity index is 717. The molecule has 2 aromatic rings. The van der Waals surface area contributed by atoms with Gasteiger partial charge in [0, 0.05) is 25.6 Å². The van der Waals surface area contributed by atoms with Gasteiger partial charge in [-0.15, -0.1) is 12.4 Å². The van der Waals surface area contributed by atoms with Crippen LogP contribution >= 0.6 is 12.4 Å². The highest BCUT2D eigenvalue weighted by Crippen LogP contribution is 2.40. The molecule has 0 spiro atoms. The molecular weight excluding hydrogens is 376 g/mol. The maximum atomic E-state index is 6.08. The summed E-state index contributed by atoms with van der Waals surface area (Å²) >= 11 is 0. The van der Waals surface area contributed by atoms with Gasteiger partial charge in [-0.05, 0) is 42.6 Å². The quantitative estimate of drug-likeness (QED) is 0.724. The Morgan fingerprint density at radius 3 is 2.21 bits per heavy atom. The lowest BCUT2D eigenvalue weighted by Gasteiger charge is -2.19. The fourth-order valence-corrected chi connectivity index (χ4v) is 3.98. The topological polar surface area (TPSA) is 57.0 Å². The number of nitrogens with two attached hydrogens (primary N) is 1. The highest BCUT2D eigenvalue weighted by atomic mass is 35.5. The number of halogens is 1. The molecule has 1 aliphatic rings. The Labute approximate surface area is 174 Å². The minimum absolute atomic E-state index is 0. The van der Waals surface area contributed by atoms with Crippen molar-refractivity contribution >= 4 is 12.4 Å². The molecule has 2 atom stereocenters. The van der Waals surface area contributed by atoms with E-state index in [-0.39, 0.29) is 12.4 Å². The number of methoxy groups -OCH3 is 2. The van der Waals surface area contributed by atoms with Gasteiger partial charge in [0.05, 0.1) is 20.8 Å². The van der Waals surface area contributed by atoms with Crippen LogP contribution < -0.4 is 19.9 Å². The Hall–Kier alpha value is -1.95. The number of likely N-dealkylation sites (tertiary alicyclic amines) is 1. The third-order valence-electron chi connectivity index (χ3n) is 5.26. The van der Waals surface area contributed by atoms with Gasteiger partial charge in [0.25, 0.3) is 0 Å². The summed E-state index contributed by atoms with van der Waals surface area (Å²) in [4.78, 5) is 2.46. The van der Waals surface area contributed by atoms with Crippen molar-refractivity contribution in [3.05, 3.63) is 53.6 Å². The van der Waals surface area contributed by atoms with E-state index in [2.05, 4.69) is 35.2 Å². The van der Waals surface area contributed by atoms with Crippen LogP contribution in [0.1, 0.15) is 24.0 Å². The van der Waals surface area contributed by atoms with E-state index in [0.717, 1.165) is 25.2 Å². The maximum absolute atomic E-state index is 6.08. The number of ether oxygens (including phenoxy) is 3. The minimum atomic E-state index is 0. The third kappa shape index (κ3) is 4.90. The summed E-state index contributed by atoms with van der Waals surface area (Å²) < 4.78 is 16.8. The van der Waals surface area contributed by atoms with Crippen LogP contribution in [0.5, 0.6) is 17.2 Å². The average molecular weight is 407 g/mol. The molecule has 6 heteroatoms. The van der Waals surface area contributed by atoms with Gasteiger partial charge >= 0.3 is 0 Å². The fourth-order valence-electron chi connectivity index (χ4n) is 3.98. The van der Waals surface area contributed by atoms with Crippen LogP contribution in [0.3, 0.4) is 0 Å². The number of nitrogens with zero attached hydrogens (tertiary/aromatic N) is 1. The molecule has 0 aromatic heterocycles. The van der Waals surface area contributed by atoms with Gasteiger partial charge in [0.2, 0.25) is 5.75 Å². The molecule has 28 heavy (non-hydrogen) atoms. The van der Waals surface area contributed by atoms with Crippen LogP contribution in [-0.2, 0) is 6.54 Å². The van der Waals surface area contributed by atoms with Crippen LogP contribution in [0, 0.1) is 5.92 Å². The van der Waals surface area contributed by atoms with E-state index in [0.29, 0.717) is 42.2 Å². The molecule has 1 fully saturated rings. The fraction of sp³-hybridized carbons (Fsp3) is 0.455. The van der Waals surface area contributed by atoms with Gasteiger partial charge in [-0.25, -0.2) is 0 Å². The molecule has 1 saturated heterocycles. The van der Waals surface area contributed by atoms with Gasteiger partial charge in [-0.1, -0.05) is 30.3 Å². The standard InChI is InChI=1S/C22H30N2O3.ClH/c1-4-27-22-20(25-2)10-16(11-21(22)26-3)13-24-14-18(12-23)19(15-24)17-8-6-5-7-9-17;/h5-11,18-19H,4,12-15,23H2,1-3H3;1H/t18-,19+;/m1./s1. The summed E-state index contributed by atoms with van der Waals surface area (Å²) in [6.45, 7) is 6.05. The maximum Gasteiger partial charge on any atom is 0.203 e. The normalized spacial score (nSPS) is 19.1. The van der Waals surface area contributed by atoms with Gasteiger partial charge < -0.3 is 19.9 Å². The first-order chi connectivity index (χ1) is 13.2. The zero-order valence-electron chi connectivity index (χ0n) is 16.9. The van der Waals surface area contributed by atoms with Crippen molar-refractivity contribution in [1.82, 2.24) is 4.90 Å². The SMILES string of the molecule is CCOc1c(OC)cc(CN2C[C@@H](CN)[C@H](c3ccccc3)C2)cc1OC.Cl. The minimum Gasteiger partial charge on any atom is -0.493 e. The van der Waals surface area contributed by atoms with E-state index in [1.54, 1.807) is 14.2 Å². The Morgan fingerprint density at radius 2 is 1.68 bits per heavy atom. The Morgan fingerprint density at radius 1 is 1.04 bits per heavy atom. The molecule has 0 aliphatic carbocycles. The first-order valence-electron chi connectivity index (χ1n) is 9.55. The average Bonchev–Trinajstić information content (AvgIpc) is 3.12. The van der Waals surface area contributed by atoms with Crippen molar-refractivity contribution in [2.75, 3.05) is 40.5 Å². The number of hydrogen-bond acceptors (Lipinski definition) is 5. The predicted octanol–water partition coefficient (Wildman–Crippen LogP) is 3.70. The Balaban J connectivity index is 0.00000280. The third-order valence-corrected chi connectivity index (χ3v) is 5.26. The van der Waals surface area contributed by atoms with Crippen LogP contribution in [0.4, 0.5) is 0 Å². The highest BCUT2D eigenvalue weighted by Gasteiger charge is 2.32. The van der Waals surface area contributed by atoms with Crippen LogP contribution in [-0.4, -0.2) is 45.4 Å². The first-order valence-corrected chi connectivity index (χ1v) is 9.55. The summed E-state index contributed by atoms with van der Waals surface area (Å²) in [6.07, 6.45) is 0. The van der Waals surface area contributed by atoms with E-state index in [1.807, 2.05) is 19.1 Å². The van der Waals surface area contributed by atoms with Crippen LogP contribution in [0.15, 0.2) is 42.5 Å². The van der Waals surface area contributed by atoms with E-state index >= 15 is 0 Å². The van der Waals surface area contributed by atoms with Crippen molar-refractivity contribution in [2.45, 2.75) is 19.4 Å². The van der Waals surface area contributed by atoms with E-state index in [4.69, 9.17) is 19.9 Å². The van der Waals surface area contributed by atoms with Gasteiger partial charge in [-0.2, -0.15) is 0 Å². The van der Waals surface area contributed by atoms with E-state index in [1.165, 1.54) is 5.56 Å². The number of hydrogen-bond donors (Lipinski definition) is 1. The molecule has 0 bridgehead atoms. The molecule has 2 N–H and O–H groups in total. The summed E-state index contributed by atoms with van der Waals surface area (Å²) in [7, 11) is 3.32. The van der Waals surface area contributed by atoms with Crippen molar-refractivity contribution in [3.63, 3.8) is 0 Å². The summed E-state index contributed by atoms with van der Waals surface area (Å²) in [5.74, 6) is 3.03. The van der Waals surface area contributed by atoms with Gasteiger partial charge in [0.15, 0.2) is 11.5 Å². The van der Waals surface area contributed by atoms with Gasteiger partial charge in [-0.3, -0.25) is 4.90 Å². The van der Waals surface area contributed by atoms with Crippen molar-refractivity contribution in [2.24, 2.45) is 11.7 Å². The summed E-state index contributed by atoms with van der Waals surface area (Å²) in [6, 6.07) is 14.8. The van der Waals surface area contributed by atoms with Gasteiger partial charge in [0.1, 0.15) is 0 Å². The Kier molecular flexibility index (Phi) is 8.42. The molecule has 154 valence electrons. The first kappa shape index (κ1) is 22.3. The van der Waals surface area contributed by atoms with E-state index in [9.17, 15) is 0 Å². The molecule has 2 aromatic carbocycles. The predicted molar refractivity (Wildman–Crippen MR) is 115 cm³/mol. The van der Waals surface area contributed by atoms with Crippen LogP contribution in [0.25, 0.3) is 0 Å². The lowest BCUT2D eigenvalue weighted by molar-refractivity contribution is 0.284. The monoisotopic (exact) mass is 406 g/mol. The molecule has 0 amide bonds. The van der Waals surface area contributed by atoms with Crippen LogP contribution in [0.2, 0.25) is 0 Å². The van der Waals surface area contributed by atoms with Crippen molar-refractivity contribution in [1.29, 1.82) is 0 Å². The largest absolute Gasteiger partial charge is 0.493 e. The smallest absolute Gasteiger partial charge is 0.203 e. The number of benzene rings is 2. The molecule has 1 heterocycles. The van der Waals surface area contributed by atoms with Crippen molar-refractivity contribution in [3.8, 4) is 17.2 Å². The number of rotatable bonds is 8. The second-order valence-corrected chi connectivity index (χ2v) is 6.97. The molecular formula is C22H31ClN2O3. The lowest BCUT2D eigenvalue weighted by Crippen LogP contribution is -2.23. The second kappa shape index (κ2) is 10.6. The molecule has 3 rings (SSSR count). The molecule has 0 saturated carbocycles. The second-order valence-electron chi connectivity index (χ2n) is 6.97. The van der Waals surface area contributed by atoms with E-state index < -0.39 is 0 Å². The van der Waals surface area contributed by atoms with Crippen molar-refractivity contribution < 1.29 is 14.2 Å². The molecule has 0 radical (unpaired) electrons. The molecule has 1 aliphatic heterocycles.